The van der Waals surface area contributed by atoms with E-state index in [9.17, 15) is 4.79 Å². The van der Waals surface area contributed by atoms with E-state index in [0.29, 0.717) is 18.9 Å². The number of esters is 1. The summed E-state index contributed by atoms with van der Waals surface area (Å²) in [5.74, 6) is 0.249. The van der Waals surface area contributed by atoms with Gasteiger partial charge in [-0.15, -0.1) is 0 Å². The largest absolute Gasteiger partial charge is 0.461 e. The van der Waals surface area contributed by atoms with Crippen LogP contribution in [0.15, 0.2) is 35.9 Å². The minimum atomic E-state index is -0.0977. The van der Waals surface area contributed by atoms with E-state index in [-0.39, 0.29) is 5.97 Å². The quantitative estimate of drug-likeness (QED) is 0.459. The van der Waals surface area contributed by atoms with Crippen molar-refractivity contribution in [3.05, 3.63) is 41.5 Å². The van der Waals surface area contributed by atoms with Crippen molar-refractivity contribution in [1.29, 1.82) is 0 Å². The number of rotatable bonds is 9. The van der Waals surface area contributed by atoms with E-state index in [1.54, 1.807) is 0 Å². The zero-order valence-electron chi connectivity index (χ0n) is 13.6. The number of carbonyl (C=O) groups excluding carboxylic acids is 1. The van der Waals surface area contributed by atoms with Crippen LogP contribution in [0.5, 0.6) is 0 Å². The Morgan fingerprint density at radius 2 is 1.90 bits per heavy atom. The van der Waals surface area contributed by atoms with Gasteiger partial charge in [-0.1, -0.05) is 70.0 Å². The molecule has 0 atom stereocenters. The molecule has 0 spiro atoms. The Bertz CT molecular complexity index is 432. The van der Waals surface area contributed by atoms with Crippen LogP contribution in [0.25, 0.3) is 6.08 Å². The van der Waals surface area contributed by atoms with Crippen molar-refractivity contribution in [3.63, 3.8) is 0 Å². The second-order valence-corrected chi connectivity index (χ2v) is 5.93. The van der Waals surface area contributed by atoms with E-state index >= 15 is 0 Å². The Morgan fingerprint density at radius 1 is 1.19 bits per heavy atom. The maximum Gasteiger partial charge on any atom is 0.306 e. The number of hydrogen-bond acceptors (Lipinski definition) is 2. The molecular weight excluding hydrogens is 260 g/mol. The van der Waals surface area contributed by atoms with Crippen molar-refractivity contribution in [2.75, 3.05) is 6.61 Å². The van der Waals surface area contributed by atoms with Crippen molar-refractivity contribution in [2.24, 2.45) is 5.92 Å². The standard InChI is InChI=1S/C19H28O2/c1-4-5-7-12-18(14-17-10-8-6-9-11-17)15-21-19(20)13-16(2)3/h6,8-11,14,16H,4-5,7,12-13,15H2,1-3H3/b18-14-. The summed E-state index contributed by atoms with van der Waals surface area (Å²) in [6.45, 7) is 6.68. The van der Waals surface area contributed by atoms with Crippen LogP contribution in [0.2, 0.25) is 0 Å². The van der Waals surface area contributed by atoms with Crippen molar-refractivity contribution >= 4 is 12.0 Å². The highest BCUT2D eigenvalue weighted by atomic mass is 16.5. The number of benzene rings is 1. The Kier molecular flexibility index (Phi) is 8.49. The van der Waals surface area contributed by atoms with Crippen molar-refractivity contribution in [2.45, 2.75) is 52.9 Å². The van der Waals surface area contributed by atoms with Gasteiger partial charge < -0.3 is 4.74 Å². The van der Waals surface area contributed by atoms with Crippen LogP contribution in [0, 0.1) is 5.92 Å². The van der Waals surface area contributed by atoms with Gasteiger partial charge in [0.1, 0.15) is 6.61 Å². The van der Waals surface area contributed by atoms with E-state index in [2.05, 4.69) is 25.1 Å². The van der Waals surface area contributed by atoms with Gasteiger partial charge in [-0.2, -0.15) is 0 Å². The Balaban J connectivity index is 2.60. The number of hydrogen-bond donors (Lipinski definition) is 0. The summed E-state index contributed by atoms with van der Waals surface area (Å²) in [6, 6.07) is 10.2. The van der Waals surface area contributed by atoms with Crippen molar-refractivity contribution in [3.8, 4) is 0 Å². The Morgan fingerprint density at radius 3 is 2.52 bits per heavy atom. The molecule has 0 aromatic heterocycles. The summed E-state index contributed by atoms with van der Waals surface area (Å²) < 4.78 is 5.41. The molecule has 0 saturated carbocycles. The summed E-state index contributed by atoms with van der Waals surface area (Å²) in [5.41, 5.74) is 2.37. The van der Waals surface area contributed by atoms with Gasteiger partial charge in [0.05, 0.1) is 0 Å². The molecule has 1 aromatic carbocycles. The topological polar surface area (TPSA) is 26.3 Å². The average Bonchev–Trinajstić information content (AvgIpc) is 2.45. The van der Waals surface area contributed by atoms with E-state index in [1.807, 2.05) is 32.0 Å². The van der Waals surface area contributed by atoms with Gasteiger partial charge in [-0.3, -0.25) is 4.79 Å². The Labute approximate surface area is 129 Å². The lowest BCUT2D eigenvalue weighted by Gasteiger charge is -2.10. The lowest BCUT2D eigenvalue weighted by atomic mass is 10.0. The average molecular weight is 288 g/mol. The van der Waals surface area contributed by atoms with Crippen LogP contribution in [-0.4, -0.2) is 12.6 Å². The fourth-order valence-electron chi connectivity index (χ4n) is 2.14. The monoisotopic (exact) mass is 288 g/mol. The molecule has 0 fully saturated rings. The van der Waals surface area contributed by atoms with Crippen LogP contribution >= 0.6 is 0 Å². The number of unbranched alkanes of at least 4 members (excludes halogenated alkanes) is 2. The molecule has 0 saturated heterocycles. The molecule has 2 nitrogen and oxygen atoms in total. The zero-order chi connectivity index (χ0) is 15.5. The van der Waals surface area contributed by atoms with Gasteiger partial charge in [0.15, 0.2) is 0 Å². The third-order valence-corrected chi connectivity index (χ3v) is 3.27. The fraction of sp³-hybridized carbons (Fsp3) is 0.526. The van der Waals surface area contributed by atoms with Crippen LogP contribution in [0.3, 0.4) is 0 Å². The lowest BCUT2D eigenvalue weighted by Crippen LogP contribution is -2.10. The predicted octanol–water partition coefficient (Wildman–Crippen LogP) is 5.24. The highest BCUT2D eigenvalue weighted by Gasteiger charge is 2.07. The molecule has 0 unspecified atom stereocenters. The first-order valence-electron chi connectivity index (χ1n) is 8.02. The van der Waals surface area contributed by atoms with Gasteiger partial charge >= 0.3 is 5.97 Å². The van der Waals surface area contributed by atoms with Crippen molar-refractivity contribution in [1.82, 2.24) is 0 Å². The third kappa shape index (κ3) is 8.34. The van der Waals surface area contributed by atoms with Crippen LogP contribution in [-0.2, 0) is 9.53 Å². The molecule has 0 bridgehead atoms. The molecule has 1 aromatic rings. The second-order valence-electron chi connectivity index (χ2n) is 5.93. The van der Waals surface area contributed by atoms with Gasteiger partial charge in [0.2, 0.25) is 0 Å². The van der Waals surface area contributed by atoms with E-state index in [4.69, 9.17) is 4.74 Å². The lowest BCUT2D eigenvalue weighted by molar-refractivity contribution is -0.143. The molecule has 2 heteroatoms. The SMILES string of the molecule is CCCCC/C(=C/c1ccccc1)COC(=O)CC(C)C. The Hall–Kier alpha value is -1.57. The second kappa shape index (κ2) is 10.2. The van der Waals surface area contributed by atoms with Crippen LogP contribution in [0.4, 0.5) is 0 Å². The molecule has 0 radical (unpaired) electrons. The molecular formula is C19H28O2. The summed E-state index contributed by atoms with van der Waals surface area (Å²) >= 11 is 0. The van der Waals surface area contributed by atoms with Gasteiger partial charge in [-0.25, -0.2) is 0 Å². The minimum absolute atomic E-state index is 0.0977. The molecule has 21 heavy (non-hydrogen) atoms. The highest BCUT2D eigenvalue weighted by Crippen LogP contribution is 2.15. The minimum Gasteiger partial charge on any atom is -0.461 e. The van der Waals surface area contributed by atoms with Gasteiger partial charge in [0, 0.05) is 6.42 Å². The summed E-state index contributed by atoms with van der Waals surface area (Å²) in [5, 5.41) is 0. The molecule has 1 rings (SSSR count). The van der Waals surface area contributed by atoms with E-state index in [0.717, 1.165) is 12.8 Å². The zero-order valence-corrected chi connectivity index (χ0v) is 13.6. The number of ether oxygens (including phenoxy) is 1. The third-order valence-electron chi connectivity index (χ3n) is 3.27. The highest BCUT2D eigenvalue weighted by molar-refractivity contribution is 5.70. The number of carbonyl (C=O) groups is 1. The van der Waals surface area contributed by atoms with Gasteiger partial charge in [0.25, 0.3) is 0 Å². The van der Waals surface area contributed by atoms with E-state index < -0.39 is 0 Å². The molecule has 0 N–H and O–H groups in total. The molecule has 0 aliphatic carbocycles. The first kappa shape index (κ1) is 17.5. The smallest absolute Gasteiger partial charge is 0.306 e. The molecule has 0 heterocycles. The molecule has 0 aliphatic heterocycles. The molecule has 116 valence electrons. The maximum absolute atomic E-state index is 11.7. The molecule has 0 amide bonds. The van der Waals surface area contributed by atoms with Crippen LogP contribution in [0.1, 0.15) is 58.4 Å². The fourth-order valence-corrected chi connectivity index (χ4v) is 2.14. The van der Waals surface area contributed by atoms with Gasteiger partial charge in [-0.05, 0) is 29.9 Å². The summed E-state index contributed by atoms with van der Waals surface area (Å²) in [6.07, 6.45) is 7.21. The first-order chi connectivity index (χ1) is 10.1. The summed E-state index contributed by atoms with van der Waals surface area (Å²) in [7, 11) is 0. The van der Waals surface area contributed by atoms with Crippen molar-refractivity contribution < 1.29 is 9.53 Å². The predicted molar refractivity (Wildman–Crippen MR) is 89.0 cm³/mol. The normalized spacial score (nSPS) is 11.7. The van der Waals surface area contributed by atoms with Crippen LogP contribution < -0.4 is 0 Å². The maximum atomic E-state index is 11.7. The molecule has 0 aliphatic rings. The first-order valence-corrected chi connectivity index (χ1v) is 8.02. The van der Waals surface area contributed by atoms with E-state index in [1.165, 1.54) is 24.0 Å². The summed E-state index contributed by atoms with van der Waals surface area (Å²) in [4.78, 5) is 11.7.